The number of hydrogen-bond donors (Lipinski definition) is 0. The Hall–Kier alpha value is -0.530. The Morgan fingerprint density at radius 3 is 2.61 bits per heavy atom. The third kappa shape index (κ3) is 4.62. The standard InChI is InChI=1S/C14H18Br2N2/c1-11(2)10-18(7-3-6-17)14-5-4-12(9-15)8-13(14)16/h4-5,8,11H,3,7,9-10H2,1-2H3. The van der Waals surface area contributed by atoms with E-state index in [2.05, 4.69) is 74.9 Å². The highest BCUT2D eigenvalue weighted by atomic mass is 79.9. The zero-order chi connectivity index (χ0) is 13.5. The van der Waals surface area contributed by atoms with Crippen molar-refractivity contribution in [3.63, 3.8) is 0 Å². The van der Waals surface area contributed by atoms with Gasteiger partial charge in [0.15, 0.2) is 0 Å². The summed E-state index contributed by atoms with van der Waals surface area (Å²) in [7, 11) is 0. The first kappa shape index (κ1) is 15.5. The zero-order valence-electron chi connectivity index (χ0n) is 10.8. The molecule has 1 aromatic rings. The highest BCUT2D eigenvalue weighted by molar-refractivity contribution is 9.10. The van der Waals surface area contributed by atoms with Crippen LogP contribution in [0, 0.1) is 17.2 Å². The minimum atomic E-state index is 0.555. The highest BCUT2D eigenvalue weighted by Gasteiger charge is 2.11. The van der Waals surface area contributed by atoms with E-state index < -0.39 is 0 Å². The van der Waals surface area contributed by atoms with Gasteiger partial charge in [-0.2, -0.15) is 5.26 Å². The van der Waals surface area contributed by atoms with Crippen LogP contribution in [0.3, 0.4) is 0 Å². The number of alkyl halides is 1. The van der Waals surface area contributed by atoms with Gasteiger partial charge in [-0.1, -0.05) is 35.8 Å². The minimum absolute atomic E-state index is 0.555. The third-order valence-corrected chi connectivity index (χ3v) is 3.87. The number of rotatable bonds is 6. The molecule has 0 bridgehead atoms. The Balaban J connectivity index is 2.93. The molecule has 1 rings (SSSR count). The van der Waals surface area contributed by atoms with Gasteiger partial charge in [-0.3, -0.25) is 0 Å². The van der Waals surface area contributed by atoms with Crippen molar-refractivity contribution >= 4 is 37.5 Å². The van der Waals surface area contributed by atoms with E-state index in [4.69, 9.17) is 5.26 Å². The van der Waals surface area contributed by atoms with Crippen LogP contribution in [0.1, 0.15) is 25.8 Å². The molecule has 0 N–H and O–H groups in total. The van der Waals surface area contributed by atoms with Crippen LogP contribution in [0.4, 0.5) is 5.69 Å². The Morgan fingerprint density at radius 1 is 1.39 bits per heavy atom. The average Bonchev–Trinajstić information content (AvgIpc) is 2.34. The second kappa shape index (κ2) is 7.81. The Kier molecular flexibility index (Phi) is 6.73. The monoisotopic (exact) mass is 372 g/mol. The first-order chi connectivity index (χ1) is 8.58. The van der Waals surface area contributed by atoms with Gasteiger partial charge < -0.3 is 4.90 Å². The van der Waals surface area contributed by atoms with Gasteiger partial charge in [0.2, 0.25) is 0 Å². The molecule has 0 saturated heterocycles. The maximum absolute atomic E-state index is 8.75. The van der Waals surface area contributed by atoms with Crippen molar-refractivity contribution in [2.45, 2.75) is 25.6 Å². The van der Waals surface area contributed by atoms with E-state index in [-0.39, 0.29) is 0 Å². The zero-order valence-corrected chi connectivity index (χ0v) is 14.0. The highest BCUT2D eigenvalue weighted by Crippen LogP contribution is 2.29. The third-order valence-electron chi connectivity index (χ3n) is 2.59. The van der Waals surface area contributed by atoms with Crippen LogP contribution in [-0.4, -0.2) is 13.1 Å². The molecule has 0 radical (unpaired) electrons. The Bertz CT molecular complexity index is 424. The molecule has 0 saturated carbocycles. The van der Waals surface area contributed by atoms with E-state index in [1.165, 1.54) is 11.3 Å². The van der Waals surface area contributed by atoms with Gasteiger partial charge in [-0.05, 0) is 39.5 Å². The van der Waals surface area contributed by atoms with E-state index in [1.807, 2.05) is 0 Å². The summed E-state index contributed by atoms with van der Waals surface area (Å²) in [5, 5.41) is 9.61. The molecule has 0 atom stereocenters. The van der Waals surface area contributed by atoms with E-state index in [1.54, 1.807) is 0 Å². The van der Waals surface area contributed by atoms with Crippen LogP contribution in [0.5, 0.6) is 0 Å². The number of halogens is 2. The van der Waals surface area contributed by atoms with Gasteiger partial charge >= 0.3 is 0 Å². The SMILES string of the molecule is CC(C)CN(CCC#N)c1ccc(CBr)cc1Br. The van der Waals surface area contributed by atoms with Gasteiger partial charge in [0.25, 0.3) is 0 Å². The molecule has 0 fully saturated rings. The lowest BCUT2D eigenvalue weighted by molar-refractivity contribution is 0.611. The summed E-state index contributed by atoms with van der Waals surface area (Å²) in [6, 6.07) is 8.59. The minimum Gasteiger partial charge on any atom is -0.369 e. The fourth-order valence-corrected chi connectivity index (χ4v) is 2.85. The summed E-state index contributed by atoms with van der Waals surface area (Å²) in [5.74, 6) is 0.575. The number of nitriles is 1. The molecule has 98 valence electrons. The van der Waals surface area contributed by atoms with Gasteiger partial charge in [0.1, 0.15) is 0 Å². The van der Waals surface area contributed by atoms with Crippen LogP contribution < -0.4 is 4.90 Å². The lowest BCUT2D eigenvalue weighted by Crippen LogP contribution is -2.28. The molecular weight excluding hydrogens is 356 g/mol. The second-order valence-electron chi connectivity index (χ2n) is 4.67. The summed E-state index contributed by atoms with van der Waals surface area (Å²) in [4.78, 5) is 2.27. The van der Waals surface area contributed by atoms with Crippen molar-refractivity contribution in [3.05, 3.63) is 28.2 Å². The van der Waals surface area contributed by atoms with Gasteiger partial charge in [0.05, 0.1) is 18.2 Å². The van der Waals surface area contributed by atoms with Crippen LogP contribution >= 0.6 is 31.9 Å². The van der Waals surface area contributed by atoms with Crippen molar-refractivity contribution in [2.24, 2.45) is 5.92 Å². The van der Waals surface area contributed by atoms with Crippen molar-refractivity contribution in [3.8, 4) is 6.07 Å². The molecular formula is C14H18Br2N2. The van der Waals surface area contributed by atoms with E-state index in [0.29, 0.717) is 12.3 Å². The lowest BCUT2D eigenvalue weighted by Gasteiger charge is -2.27. The van der Waals surface area contributed by atoms with E-state index >= 15 is 0 Å². The first-order valence-electron chi connectivity index (χ1n) is 6.04. The normalized spacial score (nSPS) is 10.4. The summed E-state index contributed by atoms with van der Waals surface area (Å²) >= 11 is 7.08. The van der Waals surface area contributed by atoms with Gasteiger partial charge in [-0.15, -0.1) is 0 Å². The number of hydrogen-bond acceptors (Lipinski definition) is 2. The molecule has 0 heterocycles. The molecule has 0 spiro atoms. The summed E-state index contributed by atoms with van der Waals surface area (Å²) < 4.78 is 1.10. The van der Waals surface area contributed by atoms with Crippen LogP contribution in [0.2, 0.25) is 0 Å². The van der Waals surface area contributed by atoms with Gasteiger partial charge in [0, 0.05) is 22.9 Å². The van der Waals surface area contributed by atoms with Crippen molar-refractivity contribution in [1.82, 2.24) is 0 Å². The Labute approximate surface area is 126 Å². The quantitative estimate of drug-likeness (QED) is 0.674. The number of anilines is 1. The average molecular weight is 374 g/mol. The fourth-order valence-electron chi connectivity index (χ4n) is 1.83. The van der Waals surface area contributed by atoms with Gasteiger partial charge in [-0.25, -0.2) is 0 Å². The van der Waals surface area contributed by atoms with Crippen LogP contribution in [0.15, 0.2) is 22.7 Å². The smallest absolute Gasteiger partial charge is 0.0640 e. The van der Waals surface area contributed by atoms with Crippen molar-refractivity contribution in [2.75, 3.05) is 18.0 Å². The summed E-state index contributed by atoms with van der Waals surface area (Å²) in [6.45, 7) is 6.13. The molecule has 0 aliphatic rings. The summed E-state index contributed by atoms with van der Waals surface area (Å²) in [6.07, 6.45) is 0.555. The molecule has 4 heteroatoms. The van der Waals surface area contributed by atoms with Crippen molar-refractivity contribution in [1.29, 1.82) is 5.26 Å². The number of benzene rings is 1. The maximum Gasteiger partial charge on any atom is 0.0640 e. The van der Waals surface area contributed by atoms with Crippen molar-refractivity contribution < 1.29 is 0 Å². The predicted octanol–water partition coefficient (Wildman–Crippen LogP) is 4.72. The predicted molar refractivity (Wildman–Crippen MR) is 84.1 cm³/mol. The fraction of sp³-hybridized carbons (Fsp3) is 0.500. The van der Waals surface area contributed by atoms with Crippen LogP contribution in [0.25, 0.3) is 0 Å². The lowest BCUT2D eigenvalue weighted by atomic mass is 10.1. The summed E-state index contributed by atoms with van der Waals surface area (Å²) in [5.41, 5.74) is 2.42. The topological polar surface area (TPSA) is 27.0 Å². The van der Waals surface area contributed by atoms with E-state index in [0.717, 1.165) is 22.9 Å². The molecule has 0 aliphatic carbocycles. The molecule has 18 heavy (non-hydrogen) atoms. The molecule has 2 nitrogen and oxygen atoms in total. The largest absolute Gasteiger partial charge is 0.369 e. The van der Waals surface area contributed by atoms with Crippen LogP contribution in [-0.2, 0) is 5.33 Å². The Morgan fingerprint density at radius 2 is 2.11 bits per heavy atom. The molecule has 0 unspecified atom stereocenters. The van der Waals surface area contributed by atoms with E-state index in [9.17, 15) is 0 Å². The maximum atomic E-state index is 8.75. The second-order valence-corrected chi connectivity index (χ2v) is 6.08. The molecule has 0 aliphatic heterocycles. The molecule has 0 amide bonds. The first-order valence-corrected chi connectivity index (χ1v) is 7.96. The number of nitrogens with zero attached hydrogens (tertiary/aromatic N) is 2. The molecule has 0 aromatic heterocycles. The molecule has 1 aromatic carbocycles.